The van der Waals surface area contributed by atoms with Crippen LogP contribution >= 0.6 is 0 Å². The Kier molecular flexibility index (Phi) is 26.3. The van der Waals surface area contributed by atoms with Crippen molar-refractivity contribution in [2.75, 3.05) is 0 Å². The van der Waals surface area contributed by atoms with Crippen LogP contribution in [0, 0.1) is 27.0 Å². The predicted octanol–water partition coefficient (Wildman–Crippen LogP) is 2.82. The van der Waals surface area contributed by atoms with E-state index >= 15 is 0 Å². The topological polar surface area (TPSA) is 0 Å². The van der Waals surface area contributed by atoms with Gasteiger partial charge in [0.2, 0.25) is 0 Å². The molecule has 0 heterocycles. The first-order valence-corrected chi connectivity index (χ1v) is 9.71. The molecular formula is C12H20SiZr-6. The van der Waals surface area contributed by atoms with E-state index in [2.05, 4.69) is 24.3 Å². The molecule has 0 saturated heterocycles. The third-order valence-electron chi connectivity index (χ3n) is 1.17. The van der Waals surface area contributed by atoms with E-state index in [4.69, 9.17) is 0 Å². The molecule has 14 heavy (non-hydrogen) atoms. The predicted molar refractivity (Wildman–Crippen MR) is 66.7 cm³/mol. The molecule has 2 rings (SSSR count). The summed E-state index contributed by atoms with van der Waals surface area (Å²) in [5.41, 5.74) is 0. The summed E-state index contributed by atoms with van der Waals surface area (Å²) < 4.78 is 0. The molecule has 82 valence electrons. The molecule has 0 fully saturated rings. The van der Waals surface area contributed by atoms with Gasteiger partial charge in [-0.05, 0) is 0 Å². The van der Waals surface area contributed by atoms with Crippen LogP contribution in [-0.2, 0) is 23.3 Å². The minimum atomic E-state index is 0. The summed E-state index contributed by atoms with van der Waals surface area (Å²) >= 11 is 1.58. The van der Waals surface area contributed by atoms with E-state index in [0.717, 1.165) is 12.8 Å². The molecule has 0 aromatic carbocycles. The fourth-order valence-corrected chi connectivity index (χ4v) is 0.680. The Morgan fingerprint density at radius 2 is 1.29 bits per heavy atom. The van der Waals surface area contributed by atoms with Gasteiger partial charge in [-0.25, -0.2) is 24.3 Å². The summed E-state index contributed by atoms with van der Waals surface area (Å²) in [6.07, 6.45) is 20.0. The summed E-state index contributed by atoms with van der Waals surface area (Å²) in [5, 5.41) is 0. The van der Waals surface area contributed by atoms with Gasteiger partial charge in [0.05, 0.1) is 0 Å². The third kappa shape index (κ3) is 14.6. The zero-order valence-electron chi connectivity index (χ0n) is 11.1. The summed E-state index contributed by atoms with van der Waals surface area (Å²) in [4.78, 5) is 0. The Hall–Kier alpha value is 0.0600. The molecule has 0 bridgehead atoms. The van der Waals surface area contributed by atoms with Crippen LogP contribution in [0.5, 0.6) is 0 Å². The van der Waals surface area contributed by atoms with Crippen LogP contribution in [0.4, 0.5) is 0 Å². The molecule has 0 amide bonds. The van der Waals surface area contributed by atoms with E-state index < -0.39 is 0 Å². The maximum absolute atomic E-state index is 2.99. The van der Waals surface area contributed by atoms with E-state index in [9.17, 15) is 0 Å². The summed E-state index contributed by atoms with van der Waals surface area (Å²) in [5.74, 6) is 0. The number of hydrogen-bond acceptors (Lipinski definition) is 0. The Labute approximate surface area is 109 Å². The summed E-state index contributed by atoms with van der Waals surface area (Å²) in [7, 11) is 0. The van der Waals surface area contributed by atoms with Gasteiger partial charge in [-0.2, -0.15) is 12.2 Å². The van der Waals surface area contributed by atoms with Crippen molar-refractivity contribution in [3.8, 4) is 0 Å². The van der Waals surface area contributed by atoms with Gasteiger partial charge in [0, 0.05) is 0 Å². The Bertz CT molecular complexity index is 169. The van der Waals surface area contributed by atoms with Gasteiger partial charge in [0.25, 0.3) is 0 Å². The van der Waals surface area contributed by atoms with Crippen molar-refractivity contribution in [2.45, 2.75) is 12.8 Å². The molecule has 0 aliphatic heterocycles. The summed E-state index contributed by atoms with van der Waals surface area (Å²) in [6, 6.07) is 0. The first kappa shape index (κ1) is 19.6. The van der Waals surface area contributed by atoms with Crippen molar-refractivity contribution in [1.29, 1.82) is 0 Å². The average molecular weight is 284 g/mol. The van der Waals surface area contributed by atoms with Gasteiger partial charge in [-0.15, -0.1) is 12.8 Å². The molecule has 2 heteroatoms. The van der Waals surface area contributed by atoms with Crippen LogP contribution in [0.25, 0.3) is 0 Å². The molecule has 0 saturated carbocycles. The van der Waals surface area contributed by atoms with Gasteiger partial charge in [-0.1, -0.05) is 0 Å². The molecule has 0 aromatic rings. The van der Waals surface area contributed by atoms with Crippen LogP contribution in [0.1, 0.15) is 15.7 Å². The monoisotopic (exact) mass is 282 g/mol. The van der Waals surface area contributed by atoms with Crippen molar-refractivity contribution < 1.29 is 26.2 Å². The van der Waals surface area contributed by atoms with E-state index in [1.165, 1.54) is 0 Å². The van der Waals surface area contributed by atoms with Crippen LogP contribution in [0.15, 0.2) is 36.5 Å². The molecule has 2 aliphatic carbocycles. The zero-order valence-corrected chi connectivity index (χ0v) is 13.0. The number of allylic oxidation sites excluding steroid dienone is 8. The van der Waals surface area contributed by atoms with E-state index in [1.54, 1.807) is 23.3 Å². The molecule has 0 unspecified atom stereocenters. The second kappa shape index (κ2) is 18.8. The molecular weight excluding hydrogens is 263 g/mol. The standard InChI is InChI=1S/2C5H5.2CH3.H2Si.Zr.2H/c2*1-2-4-5-3-1;;;;;;/h2*1-3H,4H2;2*1H3;1H2;;;/q4*-1;;;2*-1. The van der Waals surface area contributed by atoms with Gasteiger partial charge >= 0.3 is 30.2 Å². The average Bonchev–Trinajstić information content (AvgIpc) is 2.87. The summed E-state index contributed by atoms with van der Waals surface area (Å²) in [6.45, 7) is 1.95. The van der Waals surface area contributed by atoms with Gasteiger partial charge in [0.15, 0.2) is 0 Å². The number of rotatable bonds is 0. The van der Waals surface area contributed by atoms with Crippen molar-refractivity contribution in [3.05, 3.63) is 63.5 Å². The van der Waals surface area contributed by atoms with Crippen LogP contribution in [0.2, 0.25) is 0 Å². The first-order chi connectivity index (χ1) is 6.00. The molecule has 0 atom stereocenters. The van der Waals surface area contributed by atoms with Gasteiger partial charge in [-0.3, -0.25) is 12.2 Å². The molecule has 0 spiro atoms. The van der Waals surface area contributed by atoms with Gasteiger partial charge < -0.3 is 17.7 Å². The molecule has 0 radical (unpaired) electrons. The van der Waals surface area contributed by atoms with Crippen molar-refractivity contribution in [3.63, 3.8) is 0 Å². The second-order valence-electron chi connectivity index (χ2n) is 2.01. The van der Waals surface area contributed by atoms with E-state index in [1.807, 2.05) is 31.2 Å². The van der Waals surface area contributed by atoms with Gasteiger partial charge in [0.1, 0.15) is 0 Å². The van der Waals surface area contributed by atoms with Crippen LogP contribution < -0.4 is 0 Å². The fraction of sp³-hybridized carbons (Fsp3) is 0.167. The fourth-order valence-electron chi connectivity index (χ4n) is 0.680. The van der Waals surface area contributed by atoms with Crippen molar-refractivity contribution in [1.82, 2.24) is 0 Å². The molecule has 0 nitrogen and oxygen atoms in total. The Morgan fingerprint density at radius 1 is 0.929 bits per heavy atom. The zero-order chi connectivity index (χ0) is 9.07. The number of hydrogen-bond donors (Lipinski definition) is 0. The first-order valence-electron chi connectivity index (χ1n) is 3.79. The van der Waals surface area contributed by atoms with Crippen LogP contribution in [-0.4, -0.2) is 6.88 Å². The molecule has 0 aromatic heterocycles. The second-order valence-corrected chi connectivity index (χ2v) is 2.01. The quantitative estimate of drug-likeness (QED) is 0.474. The van der Waals surface area contributed by atoms with Crippen molar-refractivity contribution in [2.24, 2.45) is 0 Å². The minimum absolute atomic E-state index is 0. The normalized spacial score (nSPS) is 12.8. The molecule has 2 aliphatic rings. The van der Waals surface area contributed by atoms with E-state index in [-0.39, 0.29) is 17.7 Å². The third-order valence-corrected chi connectivity index (χ3v) is 1.17. The maximum atomic E-state index is 2.99. The Balaban J connectivity index is -0.0000000360. The SMILES string of the molecule is [C-]1=CC=CC1.[C-]1=CC=CC1.[CH3-].[CH3-].[H-].[H-].[SiH2]=[Zr]. The van der Waals surface area contributed by atoms with E-state index in [0.29, 0.717) is 0 Å². The molecule has 0 N–H and O–H groups in total. The Morgan fingerprint density at radius 3 is 1.36 bits per heavy atom. The van der Waals surface area contributed by atoms with Crippen molar-refractivity contribution >= 4 is 6.88 Å². The van der Waals surface area contributed by atoms with Crippen LogP contribution in [0.3, 0.4) is 0 Å².